The normalized spacial score (nSPS) is 20.1. The fourth-order valence-electron chi connectivity index (χ4n) is 2.77. The van der Waals surface area contributed by atoms with Gasteiger partial charge < -0.3 is 4.90 Å². The highest BCUT2D eigenvalue weighted by Gasteiger charge is 2.30. The lowest BCUT2D eigenvalue weighted by molar-refractivity contribution is -0.149. The number of carbonyl (C=O) groups is 1. The van der Waals surface area contributed by atoms with E-state index in [1.54, 1.807) is 4.90 Å². The van der Waals surface area contributed by atoms with E-state index in [4.69, 9.17) is 0 Å². The van der Waals surface area contributed by atoms with Crippen LogP contribution in [0.1, 0.15) is 43.6 Å². The van der Waals surface area contributed by atoms with Gasteiger partial charge in [0.2, 0.25) is 5.91 Å². The Labute approximate surface area is 122 Å². The van der Waals surface area contributed by atoms with Crippen molar-refractivity contribution in [2.45, 2.75) is 44.2 Å². The molecule has 0 aliphatic carbocycles. The molecule has 1 saturated heterocycles. The molecule has 116 valence electrons. The average Bonchev–Trinajstić information content (AvgIpc) is 2.71. The Morgan fingerprint density at radius 1 is 1.19 bits per heavy atom. The van der Waals surface area contributed by atoms with Crippen LogP contribution < -0.4 is 0 Å². The Morgan fingerprint density at radius 3 is 2.57 bits per heavy atom. The van der Waals surface area contributed by atoms with Crippen molar-refractivity contribution in [3.05, 3.63) is 35.9 Å². The summed E-state index contributed by atoms with van der Waals surface area (Å²) in [5, 5.41) is 0. The third-order valence-electron chi connectivity index (χ3n) is 3.92. The number of hydrogen-bond acceptors (Lipinski definition) is 1. The summed E-state index contributed by atoms with van der Waals surface area (Å²) in [6.07, 6.45) is -2.89. The van der Waals surface area contributed by atoms with Crippen molar-refractivity contribution >= 4 is 5.91 Å². The number of carbonyl (C=O) groups excluding carboxylic acids is 1. The van der Waals surface area contributed by atoms with Crippen molar-refractivity contribution in [1.29, 1.82) is 0 Å². The van der Waals surface area contributed by atoms with Crippen LogP contribution >= 0.6 is 0 Å². The third kappa shape index (κ3) is 5.06. The fourth-order valence-corrected chi connectivity index (χ4v) is 2.77. The van der Waals surface area contributed by atoms with Gasteiger partial charge in [-0.05, 0) is 18.4 Å². The van der Waals surface area contributed by atoms with E-state index in [1.165, 1.54) is 0 Å². The van der Waals surface area contributed by atoms with Gasteiger partial charge in [-0.1, -0.05) is 36.8 Å². The van der Waals surface area contributed by atoms with Gasteiger partial charge in [0.1, 0.15) is 0 Å². The number of alkyl halides is 3. The monoisotopic (exact) mass is 299 g/mol. The Balaban J connectivity index is 1.98. The van der Waals surface area contributed by atoms with Gasteiger partial charge >= 0.3 is 6.18 Å². The summed E-state index contributed by atoms with van der Waals surface area (Å²) in [6, 6.07) is 9.89. The minimum absolute atomic E-state index is 0.225. The van der Waals surface area contributed by atoms with Gasteiger partial charge in [-0.3, -0.25) is 4.79 Å². The molecule has 1 aromatic carbocycles. The maximum Gasteiger partial charge on any atom is 0.389 e. The lowest BCUT2D eigenvalue weighted by atomic mass is 9.94. The molecule has 21 heavy (non-hydrogen) atoms. The SMILES string of the molecule is O=C(CCC(F)(F)F)N1CCCC[C@@H](c2ccccc2)C1. The lowest BCUT2D eigenvalue weighted by Crippen LogP contribution is -2.34. The van der Waals surface area contributed by atoms with Crippen LogP contribution in [-0.2, 0) is 4.79 Å². The van der Waals surface area contributed by atoms with Crippen LogP contribution in [0, 0.1) is 0 Å². The smallest absolute Gasteiger partial charge is 0.342 e. The molecule has 1 atom stereocenters. The predicted molar refractivity (Wildman–Crippen MR) is 74.9 cm³/mol. The first-order valence-electron chi connectivity index (χ1n) is 7.35. The summed E-state index contributed by atoms with van der Waals surface area (Å²) in [5.41, 5.74) is 1.16. The molecule has 1 aromatic rings. The molecule has 0 radical (unpaired) electrons. The van der Waals surface area contributed by atoms with Crippen LogP contribution in [0.3, 0.4) is 0 Å². The summed E-state index contributed by atoms with van der Waals surface area (Å²) in [7, 11) is 0. The van der Waals surface area contributed by atoms with Crippen LogP contribution in [0.2, 0.25) is 0 Å². The van der Waals surface area contributed by atoms with E-state index >= 15 is 0 Å². The first kappa shape index (κ1) is 15.9. The summed E-state index contributed by atoms with van der Waals surface area (Å²) in [4.78, 5) is 13.6. The zero-order valence-corrected chi connectivity index (χ0v) is 11.9. The Hall–Kier alpha value is -1.52. The second-order valence-corrected chi connectivity index (χ2v) is 5.56. The van der Waals surface area contributed by atoms with E-state index in [1.807, 2.05) is 30.3 Å². The summed E-state index contributed by atoms with van der Waals surface area (Å²) in [5.74, 6) is -0.154. The van der Waals surface area contributed by atoms with Gasteiger partial charge in [0.25, 0.3) is 0 Å². The third-order valence-corrected chi connectivity index (χ3v) is 3.92. The van der Waals surface area contributed by atoms with Crippen LogP contribution in [0.25, 0.3) is 0 Å². The van der Waals surface area contributed by atoms with E-state index in [0.717, 1.165) is 24.8 Å². The molecule has 0 aromatic heterocycles. The van der Waals surface area contributed by atoms with Gasteiger partial charge in [0.05, 0.1) is 6.42 Å². The molecule has 5 heteroatoms. The van der Waals surface area contributed by atoms with Gasteiger partial charge in [-0.15, -0.1) is 0 Å². The van der Waals surface area contributed by atoms with Gasteiger partial charge in [0, 0.05) is 25.4 Å². The Morgan fingerprint density at radius 2 is 1.90 bits per heavy atom. The van der Waals surface area contributed by atoms with E-state index in [9.17, 15) is 18.0 Å². The number of nitrogens with zero attached hydrogens (tertiary/aromatic N) is 1. The van der Waals surface area contributed by atoms with Crippen LogP contribution in [0.15, 0.2) is 30.3 Å². The second kappa shape index (κ2) is 6.96. The molecule has 1 heterocycles. The zero-order chi connectivity index (χ0) is 15.3. The summed E-state index contributed by atoms with van der Waals surface area (Å²) < 4.78 is 36.7. The Bertz CT molecular complexity index is 458. The van der Waals surface area contributed by atoms with E-state index in [2.05, 4.69) is 0 Å². The number of likely N-dealkylation sites (tertiary alicyclic amines) is 1. The first-order chi connectivity index (χ1) is 9.96. The molecule has 2 rings (SSSR count). The minimum Gasteiger partial charge on any atom is -0.342 e. The summed E-state index contributed by atoms with van der Waals surface area (Å²) >= 11 is 0. The molecule has 0 spiro atoms. The van der Waals surface area contributed by atoms with Crippen molar-refractivity contribution in [3.8, 4) is 0 Å². The Kier molecular flexibility index (Phi) is 5.26. The van der Waals surface area contributed by atoms with Crippen molar-refractivity contribution in [2.75, 3.05) is 13.1 Å². The largest absolute Gasteiger partial charge is 0.389 e. The molecule has 1 amide bonds. The maximum atomic E-state index is 12.2. The highest BCUT2D eigenvalue weighted by atomic mass is 19.4. The van der Waals surface area contributed by atoms with Gasteiger partial charge in [0.15, 0.2) is 0 Å². The number of rotatable bonds is 3. The predicted octanol–water partition coefficient (Wildman–Crippen LogP) is 4.13. The lowest BCUT2D eigenvalue weighted by Gasteiger charge is -2.25. The molecule has 0 N–H and O–H groups in total. The van der Waals surface area contributed by atoms with E-state index in [0.29, 0.717) is 13.1 Å². The molecule has 1 fully saturated rings. The standard InChI is InChI=1S/C16H20F3NO/c17-16(18,19)10-9-15(21)20-11-5-4-8-14(12-20)13-6-2-1-3-7-13/h1-3,6-7,14H,4-5,8-12H2/t14-/m1/s1. The first-order valence-corrected chi connectivity index (χ1v) is 7.35. The average molecular weight is 299 g/mol. The second-order valence-electron chi connectivity index (χ2n) is 5.56. The van der Waals surface area contributed by atoms with Crippen LogP contribution in [0.4, 0.5) is 13.2 Å². The number of hydrogen-bond donors (Lipinski definition) is 0. The number of halogens is 3. The van der Waals surface area contributed by atoms with Crippen LogP contribution in [-0.4, -0.2) is 30.1 Å². The molecule has 0 unspecified atom stereocenters. The molecular formula is C16H20F3NO. The maximum absolute atomic E-state index is 12.2. The number of amides is 1. The topological polar surface area (TPSA) is 20.3 Å². The summed E-state index contributed by atoms with van der Waals surface area (Å²) in [6.45, 7) is 1.10. The van der Waals surface area contributed by atoms with Crippen molar-refractivity contribution in [1.82, 2.24) is 4.90 Å². The van der Waals surface area contributed by atoms with Crippen molar-refractivity contribution in [2.24, 2.45) is 0 Å². The van der Waals surface area contributed by atoms with E-state index in [-0.39, 0.29) is 11.8 Å². The van der Waals surface area contributed by atoms with Crippen molar-refractivity contribution in [3.63, 3.8) is 0 Å². The molecule has 0 bridgehead atoms. The number of benzene rings is 1. The van der Waals surface area contributed by atoms with Gasteiger partial charge in [-0.25, -0.2) is 0 Å². The zero-order valence-electron chi connectivity index (χ0n) is 11.9. The van der Waals surface area contributed by atoms with E-state index < -0.39 is 19.0 Å². The minimum atomic E-state index is -4.26. The molecular weight excluding hydrogens is 279 g/mol. The molecule has 1 aliphatic heterocycles. The molecule has 0 saturated carbocycles. The molecule has 1 aliphatic rings. The van der Waals surface area contributed by atoms with Gasteiger partial charge in [-0.2, -0.15) is 13.2 Å². The van der Waals surface area contributed by atoms with Crippen molar-refractivity contribution < 1.29 is 18.0 Å². The molecule has 2 nitrogen and oxygen atoms in total. The quantitative estimate of drug-likeness (QED) is 0.822. The highest BCUT2D eigenvalue weighted by Crippen LogP contribution is 2.28. The fraction of sp³-hybridized carbons (Fsp3) is 0.562. The van der Waals surface area contributed by atoms with Crippen LogP contribution in [0.5, 0.6) is 0 Å². The highest BCUT2D eigenvalue weighted by molar-refractivity contribution is 5.76.